The van der Waals surface area contributed by atoms with Gasteiger partial charge >= 0.3 is 0 Å². The number of rotatable bonds is 8. The van der Waals surface area contributed by atoms with Crippen molar-refractivity contribution < 1.29 is 24.2 Å². The molecule has 1 saturated heterocycles. The summed E-state index contributed by atoms with van der Waals surface area (Å²) in [6, 6.07) is 13.8. The summed E-state index contributed by atoms with van der Waals surface area (Å²) < 4.78 is 10.6. The molecule has 1 unspecified atom stereocenters. The number of likely N-dealkylation sites (tertiary alicyclic amines) is 1. The molecule has 1 aliphatic heterocycles. The van der Waals surface area contributed by atoms with Gasteiger partial charge in [-0.1, -0.05) is 36.4 Å². The standard InChI is InChI=1S/C24H27NO5/c1-4-30-18-11-7-10-17(15-18)22(26)20-21(19-12-6-5-9-16(19)2)25(13-8-14-29-3)24(28)23(20)27/h5-7,9-12,15,21,26H,4,8,13-14H2,1-3H3/b22-20+. The number of nitrogens with zero attached hydrogens (tertiary/aromatic N) is 1. The Balaban J connectivity index is 2.13. The number of ketones is 1. The maximum Gasteiger partial charge on any atom is 0.295 e. The lowest BCUT2D eigenvalue weighted by atomic mass is 9.92. The molecule has 0 radical (unpaired) electrons. The van der Waals surface area contributed by atoms with Crippen LogP contribution in [0.3, 0.4) is 0 Å². The molecule has 1 N–H and O–H groups in total. The van der Waals surface area contributed by atoms with Gasteiger partial charge in [-0.25, -0.2) is 0 Å². The molecule has 30 heavy (non-hydrogen) atoms. The summed E-state index contributed by atoms with van der Waals surface area (Å²) in [5.41, 5.74) is 2.29. The van der Waals surface area contributed by atoms with Crippen molar-refractivity contribution in [3.05, 3.63) is 70.8 Å². The van der Waals surface area contributed by atoms with Gasteiger partial charge in [-0.3, -0.25) is 9.59 Å². The highest BCUT2D eigenvalue weighted by molar-refractivity contribution is 6.46. The molecule has 2 aromatic rings. The lowest BCUT2D eigenvalue weighted by Gasteiger charge is -2.26. The molecule has 1 heterocycles. The van der Waals surface area contributed by atoms with E-state index in [0.29, 0.717) is 37.5 Å². The lowest BCUT2D eigenvalue weighted by Crippen LogP contribution is -2.31. The zero-order valence-corrected chi connectivity index (χ0v) is 17.6. The Bertz CT molecular complexity index is 966. The average molecular weight is 409 g/mol. The van der Waals surface area contributed by atoms with Crippen molar-refractivity contribution in [2.24, 2.45) is 0 Å². The summed E-state index contributed by atoms with van der Waals surface area (Å²) >= 11 is 0. The number of aryl methyl sites for hydroxylation is 1. The van der Waals surface area contributed by atoms with E-state index < -0.39 is 17.7 Å². The molecule has 0 saturated carbocycles. The predicted molar refractivity (Wildman–Crippen MR) is 114 cm³/mol. The second kappa shape index (κ2) is 9.59. The largest absolute Gasteiger partial charge is 0.507 e. The van der Waals surface area contributed by atoms with Gasteiger partial charge in [-0.2, -0.15) is 0 Å². The summed E-state index contributed by atoms with van der Waals surface area (Å²) in [7, 11) is 1.60. The number of carbonyl (C=O) groups is 2. The van der Waals surface area contributed by atoms with E-state index in [9.17, 15) is 14.7 Å². The molecule has 1 fully saturated rings. The molecule has 0 aliphatic carbocycles. The Hall–Kier alpha value is -3.12. The number of benzene rings is 2. The number of hydrogen-bond acceptors (Lipinski definition) is 5. The molecule has 3 rings (SSSR count). The van der Waals surface area contributed by atoms with E-state index in [1.165, 1.54) is 4.90 Å². The first kappa shape index (κ1) is 21.6. The van der Waals surface area contributed by atoms with Crippen LogP contribution in [-0.2, 0) is 14.3 Å². The minimum absolute atomic E-state index is 0.0976. The van der Waals surface area contributed by atoms with Crippen LogP contribution in [0.5, 0.6) is 5.75 Å². The lowest BCUT2D eigenvalue weighted by molar-refractivity contribution is -0.140. The highest BCUT2D eigenvalue weighted by Crippen LogP contribution is 2.40. The number of Topliss-reactive ketones (excluding diaryl/α,β-unsaturated/α-hetero) is 1. The second-order valence-corrected chi connectivity index (χ2v) is 7.16. The van der Waals surface area contributed by atoms with E-state index >= 15 is 0 Å². The summed E-state index contributed by atoms with van der Waals surface area (Å²) in [6.07, 6.45) is 0.589. The second-order valence-electron chi connectivity index (χ2n) is 7.16. The fraction of sp³-hybridized carbons (Fsp3) is 0.333. The Morgan fingerprint density at radius 3 is 2.60 bits per heavy atom. The molecular formula is C24H27NO5. The molecule has 1 amide bonds. The third-order valence-electron chi connectivity index (χ3n) is 5.19. The van der Waals surface area contributed by atoms with Crippen LogP contribution in [0.4, 0.5) is 0 Å². The predicted octanol–water partition coefficient (Wildman–Crippen LogP) is 3.85. The van der Waals surface area contributed by atoms with Crippen molar-refractivity contribution in [2.75, 3.05) is 26.9 Å². The molecule has 0 spiro atoms. The molecule has 158 valence electrons. The fourth-order valence-electron chi connectivity index (χ4n) is 3.76. The monoisotopic (exact) mass is 409 g/mol. The number of ether oxygens (including phenoxy) is 2. The highest BCUT2D eigenvalue weighted by Gasteiger charge is 2.46. The molecule has 2 aromatic carbocycles. The van der Waals surface area contributed by atoms with Crippen LogP contribution in [0.25, 0.3) is 5.76 Å². The van der Waals surface area contributed by atoms with Crippen LogP contribution in [0.2, 0.25) is 0 Å². The van der Waals surface area contributed by atoms with Gasteiger partial charge in [0.25, 0.3) is 11.7 Å². The molecular weight excluding hydrogens is 382 g/mol. The molecule has 0 aromatic heterocycles. The number of aliphatic hydroxyl groups is 1. The van der Waals surface area contributed by atoms with Gasteiger partial charge in [0, 0.05) is 25.8 Å². The molecule has 1 atom stereocenters. The first-order valence-electron chi connectivity index (χ1n) is 10.1. The van der Waals surface area contributed by atoms with Gasteiger partial charge in [0.05, 0.1) is 18.2 Å². The van der Waals surface area contributed by atoms with Crippen LogP contribution in [0, 0.1) is 6.92 Å². The maximum absolute atomic E-state index is 13.0. The Kier molecular flexibility index (Phi) is 6.90. The fourth-order valence-corrected chi connectivity index (χ4v) is 3.76. The van der Waals surface area contributed by atoms with Gasteiger partial charge in [-0.15, -0.1) is 0 Å². The van der Waals surface area contributed by atoms with Crippen molar-refractivity contribution in [2.45, 2.75) is 26.3 Å². The van der Waals surface area contributed by atoms with E-state index in [1.807, 2.05) is 38.1 Å². The smallest absolute Gasteiger partial charge is 0.295 e. The van der Waals surface area contributed by atoms with E-state index in [-0.39, 0.29) is 11.3 Å². The van der Waals surface area contributed by atoms with E-state index in [2.05, 4.69) is 0 Å². The summed E-state index contributed by atoms with van der Waals surface area (Å²) in [4.78, 5) is 27.4. The van der Waals surface area contributed by atoms with Gasteiger partial charge in [-0.05, 0) is 43.5 Å². The third-order valence-corrected chi connectivity index (χ3v) is 5.19. The maximum atomic E-state index is 13.0. The zero-order chi connectivity index (χ0) is 21.7. The normalized spacial score (nSPS) is 18.1. The number of amides is 1. The van der Waals surface area contributed by atoms with Gasteiger partial charge < -0.3 is 19.5 Å². The first-order valence-corrected chi connectivity index (χ1v) is 10.1. The summed E-state index contributed by atoms with van der Waals surface area (Å²) in [5.74, 6) is -0.900. The molecule has 1 aliphatic rings. The van der Waals surface area contributed by atoms with E-state index in [4.69, 9.17) is 9.47 Å². The van der Waals surface area contributed by atoms with Crippen LogP contribution in [0.15, 0.2) is 54.1 Å². The van der Waals surface area contributed by atoms with Gasteiger partial charge in [0.1, 0.15) is 11.5 Å². The SMILES string of the molecule is CCOc1cccc(/C(O)=C2\C(=O)C(=O)N(CCCOC)C2c2ccccc2C)c1. The van der Waals surface area contributed by atoms with E-state index in [0.717, 1.165) is 11.1 Å². The minimum atomic E-state index is -0.681. The number of carbonyl (C=O) groups excluding carboxylic acids is 2. The zero-order valence-electron chi connectivity index (χ0n) is 17.6. The van der Waals surface area contributed by atoms with Crippen molar-refractivity contribution >= 4 is 17.4 Å². The van der Waals surface area contributed by atoms with Crippen molar-refractivity contribution in [3.63, 3.8) is 0 Å². The van der Waals surface area contributed by atoms with Crippen LogP contribution >= 0.6 is 0 Å². The Morgan fingerprint density at radius 2 is 1.90 bits per heavy atom. The topological polar surface area (TPSA) is 76.1 Å². The molecule has 6 heteroatoms. The summed E-state index contributed by atoms with van der Waals surface area (Å²) in [6.45, 7) is 5.11. The van der Waals surface area contributed by atoms with Crippen LogP contribution < -0.4 is 4.74 Å². The average Bonchev–Trinajstić information content (AvgIpc) is 2.99. The molecule has 6 nitrogen and oxygen atoms in total. The molecule has 0 bridgehead atoms. The van der Waals surface area contributed by atoms with Crippen molar-refractivity contribution in [1.82, 2.24) is 4.90 Å². The summed E-state index contributed by atoms with van der Waals surface area (Å²) in [5, 5.41) is 11.1. The van der Waals surface area contributed by atoms with E-state index in [1.54, 1.807) is 31.4 Å². The Labute approximate surface area is 176 Å². The number of methoxy groups -OCH3 is 1. The quantitative estimate of drug-likeness (QED) is 0.310. The third kappa shape index (κ3) is 4.24. The number of aliphatic hydroxyl groups excluding tert-OH is 1. The van der Waals surface area contributed by atoms with Crippen molar-refractivity contribution in [1.29, 1.82) is 0 Å². The van der Waals surface area contributed by atoms with Crippen LogP contribution in [0.1, 0.15) is 36.1 Å². The minimum Gasteiger partial charge on any atom is -0.507 e. The van der Waals surface area contributed by atoms with Crippen molar-refractivity contribution in [3.8, 4) is 5.75 Å². The van der Waals surface area contributed by atoms with Gasteiger partial charge in [0.2, 0.25) is 0 Å². The first-order chi connectivity index (χ1) is 14.5. The van der Waals surface area contributed by atoms with Crippen LogP contribution in [-0.4, -0.2) is 48.6 Å². The number of hydrogen-bond donors (Lipinski definition) is 1. The van der Waals surface area contributed by atoms with Gasteiger partial charge in [0.15, 0.2) is 0 Å². The Morgan fingerprint density at radius 1 is 1.13 bits per heavy atom. The highest BCUT2D eigenvalue weighted by atomic mass is 16.5.